The number of benzene rings is 1. The molecule has 0 atom stereocenters. The Morgan fingerprint density at radius 3 is 2.71 bits per heavy atom. The molecular weight excluding hydrogens is 241 g/mol. The number of rotatable bonds is 1. The molecule has 0 aromatic heterocycles. The van der Waals surface area contributed by atoms with Gasteiger partial charge in [0.25, 0.3) is 0 Å². The van der Waals surface area contributed by atoms with Crippen LogP contribution in [0.2, 0.25) is 10.0 Å². The van der Waals surface area contributed by atoms with Gasteiger partial charge in [0.1, 0.15) is 0 Å². The first-order chi connectivity index (χ1) is 6.63. The van der Waals surface area contributed by atoms with Crippen LogP contribution in [0.3, 0.4) is 0 Å². The van der Waals surface area contributed by atoms with E-state index in [2.05, 4.69) is 10.6 Å². The van der Waals surface area contributed by atoms with Gasteiger partial charge in [-0.15, -0.1) is 0 Å². The largest absolute Gasteiger partial charge is 0.331 e. The Morgan fingerprint density at radius 2 is 2.14 bits per heavy atom. The van der Waals surface area contributed by atoms with Gasteiger partial charge in [-0.1, -0.05) is 23.2 Å². The summed E-state index contributed by atoms with van der Waals surface area (Å²) in [4.78, 5) is 0. The topological polar surface area (TPSA) is 47.9 Å². The highest BCUT2D eigenvalue weighted by molar-refractivity contribution is 7.80. The summed E-state index contributed by atoms with van der Waals surface area (Å²) in [6.07, 6.45) is 1.70. The van der Waals surface area contributed by atoms with Gasteiger partial charge in [0, 0.05) is 5.02 Å². The number of nitrogens with zero attached hydrogens (tertiary/aromatic N) is 1. The molecule has 0 amide bonds. The van der Waals surface area contributed by atoms with E-state index in [4.69, 9.17) is 40.7 Å². The molecule has 0 bridgehead atoms. The van der Waals surface area contributed by atoms with Crippen LogP contribution in [-0.2, 0) is 0 Å². The summed E-state index contributed by atoms with van der Waals surface area (Å²) in [5, 5.41) is 14.5. The Labute approximate surface area is 96.6 Å². The number of nitrogens with one attached hydrogen (secondary N) is 2. The summed E-state index contributed by atoms with van der Waals surface area (Å²) in [5.41, 5.74) is 0.601. The SMILES string of the molecule is N#CNC(=S)Nc1ccc(Cl)cc1Cl. The molecule has 0 saturated carbocycles. The van der Waals surface area contributed by atoms with Gasteiger partial charge in [-0.25, -0.2) is 0 Å². The summed E-state index contributed by atoms with van der Waals surface area (Å²) in [7, 11) is 0. The van der Waals surface area contributed by atoms with Crippen molar-refractivity contribution in [3.63, 3.8) is 0 Å². The summed E-state index contributed by atoms with van der Waals surface area (Å²) in [5.74, 6) is 0. The molecule has 0 aliphatic heterocycles. The molecule has 2 N–H and O–H groups in total. The lowest BCUT2D eigenvalue weighted by molar-refractivity contribution is 1.28. The fourth-order valence-electron chi connectivity index (χ4n) is 0.795. The molecule has 72 valence electrons. The Kier molecular flexibility index (Phi) is 3.96. The van der Waals surface area contributed by atoms with Crippen LogP contribution in [0.4, 0.5) is 5.69 Å². The Morgan fingerprint density at radius 1 is 1.43 bits per heavy atom. The molecule has 0 saturated heterocycles. The molecule has 1 aromatic rings. The van der Waals surface area contributed by atoms with Gasteiger partial charge < -0.3 is 5.32 Å². The van der Waals surface area contributed by atoms with Crippen LogP contribution in [0.1, 0.15) is 0 Å². The zero-order valence-corrected chi connectivity index (χ0v) is 9.17. The molecule has 0 radical (unpaired) electrons. The lowest BCUT2D eigenvalue weighted by Gasteiger charge is -2.07. The van der Waals surface area contributed by atoms with E-state index in [1.807, 2.05) is 0 Å². The van der Waals surface area contributed by atoms with Gasteiger partial charge in [-0.2, -0.15) is 5.26 Å². The molecule has 1 aromatic carbocycles. The lowest BCUT2D eigenvalue weighted by atomic mass is 10.3. The van der Waals surface area contributed by atoms with E-state index in [1.54, 1.807) is 24.4 Å². The van der Waals surface area contributed by atoms with Gasteiger partial charge in [0.05, 0.1) is 10.7 Å². The van der Waals surface area contributed by atoms with Crippen molar-refractivity contribution >= 4 is 46.2 Å². The molecule has 6 heteroatoms. The van der Waals surface area contributed by atoms with E-state index < -0.39 is 0 Å². The quantitative estimate of drug-likeness (QED) is 0.454. The molecule has 14 heavy (non-hydrogen) atoms. The third-order valence-corrected chi connectivity index (χ3v) is 2.10. The second kappa shape index (κ2) is 5.01. The van der Waals surface area contributed by atoms with Crippen molar-refractivity contribution in [2.24, 2.45) is 0 Å². The molecular formula is C8H5Cl2N3S. The smallest absolute Gasteiger partial charge is 0.184 e. The van der Waals surface area contributed by atoms with E-state index in [0.29, 0.717) is 15.7 Å². The molecule has 0 unspecified atom stereocenters. The van der Waals surface area contributed by atoms with E-state index >= 15 is 0 Å². The van der Waals surface area contributed by atoms with Crippen molar-refractivity contribution in [3.05, 3.63) is 28.2 Å². The normalized spacial score (nSPS) is 8.93. The molecule has 1 rings (SSSR count). The Bertz CT molecular complexity index is 400. The first-order valence-corrected chi connectivity index (χ1v) is 4.71. The molecule has 0 spiro atoms. The van der Waals surface area contributed by atoms with Crippen molar-refractivity contribution in [1.82, 2.24) is 5.32 Å². The second-order valence-corrected chi connectivity index (χ2v) is 3.57. The highest BCUT2D eigenvalue weighted by Crippen LogP contribution is 2.25. The van der Waals surface area contributed by atoms with E-state index in [-0.39, 0.29) is 5.11 Å². The molecule has 0 fully saturated rings. The molecule has 0 heterocycles. The standard InChI is InChI=1S/C8H5Cl2N3S/c9-5-1-2-7(6(10)3-5)13-8(14)12-4-11/h1-3H,(H2,12,13,14). The predicted molar refractivity (Wildman–Crippen MR) is 61.4 cm³/mol. The highest BCUT2D eigenvalue weighted by Gasteiger charge is 2.02. The lowest BCUT2D eigenvalue weighted by Crippen LogP contribution is -2.23. The fraction of sp³-hybridized carbons (Fsp3) is 0. The van der Waals surface area contributed by atoms with Crippen molar-refractivity contribution in [3.8, 4) is 6.19 Å². The molecule has 0 aliphatic carbocycles. The summed E-state index contributed by atoms with van der Waals surface area (Å²) in [6.45, 7) is 0. The average molecular weight is 246 g/mol. The second-order valence-electron chi connectivity index (χ2n) is 2.32. The van der Waals surface area contributed by atoms with E-state index in [1.165, 1.54) is 0 Å². The third kappa shape index (κ3) is 3.04. The van der Waals surface area contributed by atoms with Gasteiger partial charge in [0.2, 0.25) is 0 Å². The minimum Gasteiger partial charge on any atom is -0.331 e. The Hall–Kier alpha value is -1.02. The fourth-order valence-corrected chi connectivity index (χ4v) is 1.41. The number of thiocarbonyl (C=S) groups is 1. The van der Waals surface area contributed by atoms with Gasteiger partial charge in [-0.05, 0) is 30.4 Å². The summed E-state index contributed by atoms with van der Waals surface area (Å²) >= 11 is 16.3. The van der Waals surface area contributed by atoms with Gasteiger partial charge >= 0.3 is 0 Å². The number of hydrogen-bond donors (Lipinski definition) is 2. The number of hydrogen-bond acceptors (Lipinski definition) is 2. The molecule has 0 aliphatic rings. The summed E-state index contributed by atoms with van der Waals surface area (Å²) < 4.78 is 0. The van der Waals surface area contributed by atoms with E-state index in [0.717, 1.165) is 0 Å². The van der Waals surface area contributed by atoms with Gasteiger partial charge in [-0.3, -0.25) is 5.32 Å². The van der Waals surface area contributed by atoms with Crippen LogP contribution in [0.15, 0.2) is 18.2 Å². The average Bonchev–Trinajstić information content (AvgIpc) is 2.10. The highest BCUT2D eigenvalue weighted by atomic mass is 35.5. The van der Waals surface area contributed by atoms with Crippen molar-refractivity contribution in [2.45, 2.75) is 0 Å². The van der Waals surface area contributed by atoms with Crippen molar-refractivity contribution < 1.29 is 0 Å². The maximum atomic E-state index is 8.29. The first kappa shape index (κ1) is 11.1. The van der Waals surface area contributed by atoms with Crippen LogP contribution in [-0.4, -0.2) is 5.11 Å². The summed E-state index contributed by atoms with van der Waals surface area (Å²) in [6, 6.07) is 4.93. The monoisotopic (exact) mass is 245 g/mol. The maximum absolute atomic E-state index is 8.29. The van der Waals surface area contributed by atoms with Crippen LogP contribution in [0.5, 0.6) is 0 Å². The van der Waals surface area contributed by atoms with Crippen molar-refractivity contribution in [2.75, 3.05) is 5.32 Å². The number of anilines is 1. The number of nitriles is 1. The van der Waals surface area contributed by atoms with Crippen LogP contribution < -0.4 is 10.6 Å². The minimum atomic E-state index is 0.191. The van der Waals surface area contributed by atoms with Crippen LogP contribution >= 0.6 is 35.4 Å². The van der Waals surface area contributed by atoms with Crippen LogP contribution in [0.25, 0.3) is 0 Å². The molecule has 3 nitrogen and oxygen atoms in total. The van der Waals surface area contributed by atoms with Crippen molar-refractivity contribution in [1.29, 1.82) is 5.26 Å². The third-order valence-electron chi connectivity index (χ3n) is 1.35. The van der Waals surface area contributed by atoms with E-state index in [9.17, 15) is 0 Å². The van der Waals surface area contributed by atoms with Gasteiger partial charge in [0.15, 0.2) is 11.3 Å². The zero-order valence-electron chi connectivity index (χ0n) is 6.84. The van der Waals surface area contributed by atoms with Crippen LogP contribution in [0, 0.1) is 11.5 Å². The zero-order chi connectivity index (χ0) is 10.6. The number of halogens is 2. The Balaban J connectivity index is 2.78. The maximum Gasteiger partial charge on any atom is 0.184 e. The minimum absolute atomic E-state index is 0.191. The first-order valence-electron chi connectivity index (χ1n) is 3.54. The predicted octanol–water partition coefficient (Wildman–Crippen LogP) is 2.76.